The number of nitrogens with zero attached hydrogens (tertiary/aromatic N) is 2. The van der Waals surface area contributed by atoms with Crippen LogP contribution in [0, 0.1) is 0 Å². The Morgan fingerprint density at radius 1 is 1.23 bits per heavy atom. The summed E-state index contributed by atoms with van der Waals surface area (Å²) >= 11 is 0. The Morgan fingerprint density at radius 3 is 2.86 bits per heavy atom. The smallest absolute Gasteiger partial charge is 0.130 e. The molecule has 1 unspecified atom stereocenters. The fourth-order valence-corrected chi connectivity index (χ4v) is 2.69. The Kier molecular flexibility index (Phi) is 4.77. The lowest BCUT2D eigenvalue weighted by Gasteiger charge is -2.21. The van der Waals surface area contributed by atoms with Crippen LogP contribution in [-0.4, -0.2) is 46.9 Å². The molecule has 1 fully saturated rings. The minimum absolute atomic E-state index is 0.604. The highest BCUT2D eigenvalue weighted by Crippen LogP contribution is 2.15. The molecule has 1 aromatic heterocycles. The van der Waals surface area contributed by atoms with Crippen LogP contribution in [0.15, 0.2) is 42.6 Å². The van der Waals surface area contributed by atoms with Crippen LogP contribution < -0.4 is 10.6 Å². The zero-order chi connectivity index (χ0) is 15.3. The van der Waals surface area contributed by atoms with Gasteiger partial charge in [0, 0.05) is 37.8 Å². The predicted molar refractivity (Wildman–Crippen MR) is 86.5 cm³/mol. The fraction of sp³-hybridized carbons (Fsp3) is 0.412. The van der Waals surface area contributed by atoms with Crippen molar-refractivity contribution >= 4 is 0 Å². The van der Waals surface area contributed by atoms with Gasteiger partial charge < -0.3 is 15.7 Å². The minimum atomic E-state index is -0.604. The second kappa shape index (κ2) is 6.96. The molecule has 22 heavy (non-hydrogen) atoms. The number of aliphatic hydroxyl groups is 1. The van der Waals surface area contributed by atoms with Gasteiger partial charge in [-0.3, -0.25) is 0 Å². The number of hydrogen-bond donors (Lipinski definition) is 3. The summed E-state index contributed by atoms with van der Waals surface area (Å²) in [6.45, 7) is 2.93. The Morgan fingerprint density at radius 2 is 2.09 bits per heavy atom. The molecule has 1 atom stereocenters. The first kappa shape index (κ1) is 15.1. The second-order valence-electron chi connectivity index (χ2n) is 5.80. The van der Waals surface area contributed by atoms with Crippen LogP contribution in [0.2, 0.25) is 0 Å². The average molecular weight is 298 g/mol. The van der Waals surface area contributed by atoms with E-state index in [0.717, 1.165) is 43.0 Å². The lowest BCUT2D eigenvalue weighted by atomic mass is 10.0. The van der Waals surface area contributed by atoms with E-state index in [1.54, 1.807) is 6.20 Å². The molecule has 0 spiro atoms. The molecule has 116 valence electrons. The van der Waals surface area contributed by atoms with Crippen LogP contribution >= 0.6 is 0 Å². The molecule has 0 amide bonds. The quantitative estimate of drug-likeness (QED) is 0.694. The Hall–Kier alpha value is -1.82. The zero-order valence-electron chi connectivity index (χ0n) is 12.6. The van der Waals surface area contributed by atoms with Gasteiger partial charge in [-0.25, -0.2) is 9.97 Å². The van der Waals surface area contributed by atoms with Crippen molar-refractivity contribution in [3.05, 3.63) is 48.4 Å². The molecule has 5 heteroatoms. The van der Waals surface area contributed by atoms with Gasteiger partial charge in [-0.2, -0.15) is 0 Å². The minimum Gasteiger partial charge on any atom is -0.387 e. The van der Waals surface area contributed by atoms with Gasteiger partial charge in [0.2, 0.25) is 0 Å². The molecular weight excluding hydrogens is 276 g/mol. The Balaban J connectivity index is 1.53. The molecule has 1 aromatic carbocycles. The van der Waals surface area contributed by atoms with E-state index in [1.807, 2.05) is 36.4 Å². The molecule has 5 nitrogen and oxygen atoms in total. The van der Waals surface area contributed by atoms with Gasteiger partial charge in [-0.1, -0.05) is 30.3 Å². The molecular formula is C17H22N4O. The number of benzene rings is 1. The average Bonchev–Trinajstić information content (AvgIpc) is 3.00. The van der Waals surface area contributed by atoms with Gasteiger partial charge in [-0.05, 0) is 19.0 Å². The van der Waals surface area contributed by atoms with E-state index >= 15 is 0 Å². The summed E-state index contributed by atoms with van der Waals surface area (Å²) < 4.78 is 0. The van der Waals surface area contributed by atoms with Crippen LogP contribution in [0.3, 0.4) is 0 Å². The third-order valence-electron chi connectivity index (χ3n) is 3.98. The molecule has 0 radical (unpaired) electrons. The van der Waals surface area contributed by atoms with Crippen molar-refractivity contribution < 1.29 is 5.11 Å². The van der Waals surface area contributed by atoms with Gasteiger partial charge in [-0.15, -0.1) is 0 Å². The Bertz CT molecular complexity index is 597. The first-order valence-corrected chi connectivity index (χ1v) is 7.76. The standard InChI is InChI=1S/C17H22N4O/c22-17(8-11-19-13-17)12-18-9-7-16-20-10-6-15(21-16)14-4-2-1-3-5-14/h1-6,10,18-19,22H,7-9,11-13H2. The molecule has 2 heterocycles. The van der Waals surface area contributed by atoms with Crippen molar-refractivity contribution in [3.8, 4) is 11.3 Å². The molecule has 1 aliphatic heterocycles. The van der Waals surface area contributed by atoms with E-state index in [1.165, 1.54) is 0 Å². The van der Waals surface area contributed by atoms with Crippen molar-refractivity contribution in [2.45, 2.75) is 18.4 Å². The molecule has 3 rings (SSSR count). The van der Waals surface area contributed by atoms with Gasteiger partial charge in [0.15, 0.2) is 0 Å². The summed E-state index contributed by atoms with van der Waals surface area (Å²) in [5.74, 6) is 0.824. The number of hydrogen-bond acceptors (Lipinski definition) is 5. The summed E-state index contributed by atoms with van der Waals surface area (Å²) in [5.41, 5.74) is 1.45. The van der Waals surface area contributed by atoms with E-state index in [2.05, 4.69) is 20.6 Å². The van der Waals surface area contributed by atoms with Crippen LogP contribution in [-0.2, 0) is 6.42 Å². The van der Waals surface area contributed by atoms with E-state index in [0.29, 0.717) is 13.1 Å². The number of rotatable bonds is 6. The Labute approximate surface area is 130 Å². The van der Waals surface area contributed by atoms with Crippen molar-refractivity contribution in [3.63, 3.8) is 0 Å². The highest BCUT2D eigenvalue weighted by molar-refractivity contribution is 5.58. The van der Waals surface area contributed by atoms with Gasteiger partial charge >= 0.3 is 0 Å². The second-order valence-corrected chi connectivity index (χ2v) is 5.80. The lowest BCUT2D eigenvalue weighted by Crippen LogP contribution is -2.42. The fourth-order valence-electron chi connectivity index (χ4n) is 2.69. The molecule has 0 bridgehead atoms. The first-order valence-electron chi connectivity index (χ1n) is 7.76. The molecule has 0 saturated carbocycles. The molecule has 0 aliphatic carbocycles. The highest BCUT2D eigenvalue weighted by atomic mass is 16.3. The maximum absolute atomic E-state index is 10.2. The van der Waals surface area contributed by atoms with Crippen molar-refractivity contribution in [2.75, 3.05) is 26.2 Å². The van der Waals surface area contributed by atoms with Gasteiger partial charge in [0.05, 0.1) is 11.3 Å². The monoisotopic (exact) mass is 298 g/mol. The molecule has 1 aliphatic rings. The van der Waals surface area contributed by atoms with E-state index in [9.17, 15) is 5.11 Å². The molecule has 3 N–H and O–H groups in total. The van der Waals surface area contributed by atoms with Crippen LogP contribution in [0.5, 0.6) is 0 Å². The number of β-amino-alcohol motifs (C(OH)–C–C–N with tert-alkyl or cyclic N) is 1. The lowest BCUT2D eigenvalue weighted by molar-refractivity contribution is 0.0614. The first-order chi connectivity index (χ1) is 10.8. The zero-order valence-corrected chi connectivity index (χ0v) is 12.6. The summed E-state index contributed by atoms with van der Waals surface area (Å²) in [7, 11) is 0. The SMILES string of the molecule is OC1(CNCCc2nccc(-c3ccccc3)n2)CCNC1. The summed E-state index contributed by atoms with van der Waals surface area (Å²) in [5, 5.41) is 16.7. The normalized spacial score (nSPS) is 21.1. The maximum atomic E-state index is 10.2. The summed E-state index contributed by atoms with van der Waals surface area (Å²) in [6.07, 6.45) is 3.36. The molecule has 2 aromatic rings. The summed E-state index contributed by atoms with van der Waals surface area (Å²) in [6, 6.07) is 12.0. The topological polar surface area (TPSA) is 70.1 Å². The summed E-state index contributed by atoms with van der Waals surface area (Å²) in [4.78, 5) is 8.93. The highest BCUT2D eigenvalue weighted by Gasteiger charge is 2.30. The van der Waals surface area contributed by atoms with Crippen LogP contribution in [0.25, 0.3) is 11.3 Å². The van der Waals surface area contributed by atoms with Crippen molar-refractivity contribution in [2.24, 2.45) is 0 Å². The van der Waals surface area contributed by atoms with Gasteiger partial charge in [0.1, 0.15) is 5.82 Å². The predicted octanol–water partition coefficient (Wildman–Crippen LogP) is 1.00. The van der Waals surface area contributed by atoms with E-state index in [-0.39, 0.29) is 0 Å². The number of nitrogens with one attached hydrogen (secondary N) is 2. The van der Waals surface area contributed by atoms with Crippen molar-refractivity contribution in [1.82, 2.24) is 20.6 Å². The van der Waals surface area contributed by atoms with Crippen LogP contribution in [0.4, 0.5) is 0 Å². The third kappa shape index (κ3) is 3.88. The van der Waals surface area contributed by atoms with Gasteiger partial charge in [0.25, 0.3) is 0 Å². The third-order valence-corrected chi connectivity index (χ3v) is 3.98. The van der Waals surface area contributed by atoms with Crippen molar-refractivity contribution in [1.29, 1.82) is 0 Å². The van der Waals surface area contributed by atoms with E-state index in [4.69, 9.17) is 0 Å². The van der Waals surface area contributed by atoms with E-state index < -0.39 is 5.60 Å². The number of aromatic nitrogens is 2. The van der Waals surface area contributed by atoms with Crippen LogP contribution in [0.1, 0.15) is 12.2 Å². The molecule has 1 saturated heterocycles. The largest absolute Gasteiger partial charge is 0.387 e. The maximum Gasteiger partial charge on any atom is 0.130 e.